The summed E-state index contributed by atoms with van der Waals surface area (Å²) in [6.45, 7) is 3.63. The molecule has 0 bridgehead atoms. The van der Waals surface area contributed by atoms with Crippen molar-refractivity contribution in [2.45, 2.75) is 45.3 Å². The Hall–Kier alpha value is -3.15. The third kappa shape index (κ3) is 4.39. The molecule has 1 aliphatic heterocycles. The molecule has 0 aliphatic carbocycles. The van der Waals surface area contributed by atoms with E-state index in [1.54, 1.807) is 0 Å². The number of carboxylic acids is 1. The molecule has 0 spiro atoms. The van der Waals surface area contributed by atoms with Gasteiger partial charge in [-0.2, -0.15) is 0 Å². The molecular formula is C22H24N2O4. The third-order valence-electron chi connectivity index (χ3n) is 5.09. The van der Waals surface area contributed by atoms with Gasteiger partial charge >= 0.3 is 5.97 Å². The standard InChI is InChI=1S/C22H24N2O4/c1-14-7-9-16(10-8-14)19(23-15(2)25)12-21(26)24-13-18-6-4-3-5-17(18)11-20(24)22(27)28/h3-10,19-20H,11-13H2,1-2H3,(H,23,25)(H,27,28). The number of rotatable bonds is 5. The van der Waals surface area contributed by atoms with E-state index in [1.165, 1.54) is 11.8 Å². The number of nitrogens with zero attached hydrogens (tertiary/aromatic N) is 1. The largest absolute Gasteiger partial charge is 0.480 e. The summed E-state index contributed by atoms with van der Waals surface area (Å²) in [5.41, 5.74) is 3.81. The zero-order valence-electron chi connectivity index (χ0n) is 16.0. The highest BCUT2D eigenvalue weighted by molar-refractivity contribution is 5.85. The highest BCUT2D eigenvalue weighted by Crippen LogP contribution is 2.26. The maximum atomic E-state index is 13.1. The predicted molar refractivity (Wildman–Crippen MR) is 104 cm³/mol. The van der Waals surface area contributed by atoms with E-state index in [4.69, 9.17) is 0 Å². The lowest BCUT2D eigenvalue weighted by atomic mass is 9.93. The number of fused-ring (bicyclic) bond motifs is 1. The van der Waals surface area contributed by atoms with Crippen molar-refractivity contribution in [3.8, 4) is 0 Å². The quantitative estimate of drug-likeness (QED) is 0.835. The lowest BCUT2D eigenvalue weighted by molar-refractivity contribution is -0.151. The maximum Gasteiger partial charge on any atom is 0.326 e. The number of carboxylic acid groups (broad SMARTS) is 1. The Morgan fingerprint density at radius 3 is 2.36 bits per heavy atom. The molecule has 2 aromatic carbocycles. The van der Waals surface area contributed by atoms with Crippen LogP contribution in [0.15, 0.2) is 48.5 Å². The second kappa shape index (κ2) is 8.25. The van der Waals surface area contributed by atoms with Gasteiger partial charge < -0.3 is 15.3 Å². The van der Waals surface area contributed by atoms with Crippen molar-refractivity contribution in [3.05, 3.63) is 70.8 Å². The zero-order valence-corrected chi connectivity index (χ0v) is 16.0. The minimum atomic E-state index is -1.02. The van der Waals surface area contributed by atoms with Crippen LogP contribution >= 0.6 is 0 Å². The van der Waals surface area contributed by atoms with Crippen LogP contribution in [-0.4, -0.2) is 33.8 Å². The number of hydrogen-bond acceptors (Lipinski definition) is 3. The number of amides is 2. The summed E-state index contributed by atoms with van der Waals surface area (Å²) in [5, 5.41) is 12.5. The van der Waals surface area contributed by atoms with E-state index in [-0.39, 0.29) is 31.2 Å². The Morgan fingerprint density at radius 2 is 1.75 bits per heavy atom. The molecule has 146 valence electrons. The SMILES string of the molecule is CC(=O)NC(CC(=O)N1Cc2ccccc2CC1C(=O)O)c1ccc(C)cc1. The molecule has 3 rings (SSSR count). The molecule has 0 saturated carbocycles. The first-order valence-electron chi connectivity index (χ1n) is 9.28. The number of nitrogens with one attached hydrogen (secondary N) is 1. The van der Waals surface area contributed by atoms with Crippen LogP contribution in [0.2, 0.25) is 0 Å². The average molecular weight is 380 g/mol. The molecule has 6 nitrogen and oxygen atoms in total. The van der Waals surface area contributed by atoms with Crippen molar-refractivity contribution >= 4 is 17.8 Å². The Labute approximate surface area is 164 Å². The monoisotopic (exact) mass is 380 g/mol. The summed E-state index contributed by atoms with van der Waals surface area (Å²) < 4.78 is 0. The van der Waals surface area contributed by atoms with E-state index in [0.29, 0.717) is 0 Å². The molecule has 0 fully saturated rings. The van der Waals surface area contributed by atoms with Crippen molar-refractivity contribution in [2.24, 2.45) is 0 Å². The van der Waals surface area contributed by atoms with Gasteiger partial charge in [0.15, 0.2) is 0 Å². The van der Waals surface area contributed by atoms with Crippen LogP contribution in [0.1, 0.15) is 41.6 Å². The smallest absolute Gasteiger partial charge is 0.326 e. The van der Waals surface area contributed by atoms with Crippen LogP contribution < -0.4 is 5.32 Å². The molecule has 0 aromatic heterocycles. The lowest BCUT2D eigenvalue weighted by Crippen LogP contribution is -2.49. The molecule has 0 saturated heterocycles. The van der Waals surface area contributed by atoms with Crippen molar-refractivity contribution in [1.82, 2.24) is 10.2 Å². The van der Waals surface area contributed by atoms with Gasteiger partial charge in [0.05, 0.1) is 12.5 Å². The predicted octanol–water partition coefficient (Wildman–Crippen LogP) is 2.60. The van der Waals surface area contributed by atoms with Crippen LogP contribution in [0, 0.1) is 6.92 Å². The Bertz CT molecular complexity index is 892. The molecule has 2 unspecified atom stereocenters. The molecule has 2 N–H and O–H groups in total. The van der Waals surface area contributed by atoms with Crippen LogP contribution in [-0.2, 0) is 27.3 Å². The summed E-state index contributed by atoms with van der Waals surface area (Å²) in [6.07, 6.45) is 0.293. The van der Waals surface area contributed by atoms with Gasteiger partial charge in [-0.25, -0.2) is 4.79 Å². The minimum absolute atomic E-state index is 0.00852. The molecule has 1 aliphatic rings. The Morgan fingerprint density at radius 1 is 1.11 bits per heavy atom. The van der Waals surface area contributed by atoms with Crippen molar-refractivity contribution in [3.63, 3.8) is 0 Å². The number of aliphatic carboxylic acids is 1. The van der Waals surface area contributed by atoms with Crippen molar-refractivity contribution in [2.75, 3.05) is 0 Å². The molecule has 6 heteroatoms. The first-order chi connectivity index (χ1) is 13.3. The van der Waals surface area contributed by atoms with E-state index < -0.39 is 18.1 Å². The van der Waals surface area contributed by atoms with Gasteiger partial charge in [0, 0.05) is 19.9 Å². The molecular weight excluding hydrogens is 356 g/mol. The van der Waals surface area contributed by atoms with Gasteiger partial charge in [0.25, 0.3) is 0 Å². The van der Waals surface area contributed by atoms with Gasteiger partial charge in [0.2, 0.25) is 11.8 Å². The number of aryl methyl sites for hydroxylation is 1. The Balaban J connectivity index is 1.84. The van der Waals surface area contributed by atoms with Gasteiger partial charge in [-0.1, -0.05) is 54.1 Å². The van der Waals surface area contributed by atoms with Crippen LogP contribution in [0.3, 0.4) is 0 Å². The average Bonchev–Trinajstić information content (AvgIpc) is 2.66. The van der Waals surface area contributed by atoms with E-state index in [2.05, 4.69) is 5.32 Å². The van der Waals surface area contributed by atoms with Crippen LogP contribution in [0.4, 0.5) is 0 Å². The fourth-order valence-electron chi connectivity index (χ4n) is 3.59. The first kappa shape index (κ1) is 19.6. The Kier molecular flexibility index (Phi) is 5.78. The van der Waals surface area contributed by atoms with Gasteiger partial charge in [-0.15, -0.1) is 0 Å². The van der Waals surface area contributed by atoms with Gasteiger partial charge in [-0.05, 0) is 23.6 Å². The van der Waals surface area contributed by atoms with Crippen LogP contribution in [0.5, 0.6) is 0 Å². The normalized spacial score (nSPS) is 16.8. The molecule has 1 heterocycles. The number of carbonyl (C=O) groups excluding carboxylic acids is 2. The zero-order chi connectivity index (χ0) is 20.3. The third-order valence-corrected chi connectivity index (χ3v) is 5.09. The lowest BCUT2D eigenvalue weighted by Gasteiger charge is -2.35. The van der Waals surface area contributed by atoms with Crippen LogP contribution in [0.25, 0.3) is 0 Å². The molecule has 0 radical (unpaired) electrons. The molecule has 2 amide bonds. The first-order valence-corrected chi connectivity index (χ1v) is 9.28. The number of carbonyl (C=O) groups is 3. The highest BCUT2D eigenvalue weighted by Gasteiger charge is 2.35. The fourth-order valence-corrected chi connectivity index (χ4v) is 3.59. The van der Waals surface area contributed by atoms with Crippen molar-refractivity contribution < 1.29 is 19.5 Å². The topological polar surface area (TPSA) is 86.7 Å². The summed E-state index contributed by atoms with van der Waals surface area (Å²) in [5.74, 6) is -1.55. The van der Waals surface area contributed by atoms with E-state index in [0.717, 1.165) is 22.3 Å². The van der Waals surface area contributed by atoms with Gasteiger partial charge in [-0.3, -0.25) is 9.59 Å². The van der Waals surface area contributed by atoms with Gasteiger partial charge in [0.1, 0.15) is 6.04 Å². The van der Waals surface area contributed by atoms with Crippen molar-refractivity contribution in [1.29, 1.82) is 0 Å². The summed E-state index contributed by atoms with van der Waals surface area (Å²) in [4.78, 5) is 37.9. The van der Waals surface area contributed by atoms with E-state index in [9.17, 15) is 19.5 Å². The number of benzene rings is 2. The second-order valence-electron chi connectivity index (χ2n) is 7.22. The second-order valence-corrected chi connectivity index (χ2v) is 7.22. The summed E-state index contributed by atoms with van der Waals surface area (Å²) in [7, 11) is 0. The molecule has 28 heavy (non-hydrogen) atoms. The van der Waals surface area contributed by atoms with E-state index in [1.807, 2.05) is 55.5 Å². The molecule has 2 aromatic rings. The fraction of sp³-hybridized carbons (Fsp3) is 0.318. The number of hydrogen-bond donors (Lipinski definition) is 2. The minimum Gasteiger partial charge on any atom is -0.480 e. The highest BCUT2D eigenvalue weighted by atomic mass is 16.4. The summed E-state index contributed by atoms with van der Waals surface area (Å²) in [6, 6.07) is 13.8. The summed E-state index contributed by atoms with van der Waals surface area (Å²) >= 11 is 0. The van der Waals surface area contributed by atoms with E-state index >= 15 is 0 Å². The maximum absolute atomic E-state index is 13.1. The molecule has 2 atom stereocenters.